The van der Waals surface area contributed by atoms with Crippen LogP contribution in [0.3, 0.4) is 0 Å². The monoisotopic (exact) mass is 270 g/mol. The molecule has 0 unspecified atom stereocenters. The predicted octanol–water partition coefficient (Wildman–Crippen LogP) is 3.26. The molecule has 0 aliphatic heterocycles. The Morgan fingerprint density at radius 3 is 2.39 bits per heavy atom. The molecule has 0 spiro atoms. The van der Waals surface area contributed by atoms with E-state index in [1.54, 1.807) is 6.07 Å². The van der Waals surface area contributed by atoms with Gasteiger partial charge in [0.25, 0.3) is 0 Å². The van der Waals surface area contributed by atoms with Crippen molar-refractivity contribution >= 4 is 11.6 Å². The third-order valence-electron chi connectivity index (χ3n) is 2.15. The molecule has 0 atom stereocenters. The normalized spacial score (nSPS) is 10.4. The summed E-state index contributed by atoms with van der Waals surface area (Å²) in [4.78, 5) is 3.92. The van der Waals surface area contributed by atoms with E-state index in [0.29, 0.717) is 6.54 Å². The molecular weight excluding hydrogens is 262 g/mol. The molecule has 0 radical (unpaired) electrons. The highest BCUT2D eigenvalue weighted by Gasteiger charge is 2.08. The molecule has 1 heterocycles. The number of nitrogens with zero attached hydrogens (tertiary/aromatic N) is 1. The maximum Gasteiger partial charge on any atom is 0.238 e. The lowest BCUT2D eigenvalue weighted by molar-refractivity contribution is 0.451. The van der Waals surface area contributed by atoms with Gasteiger partial charge in [0, 0.05) is 30.9 Å². The lowest BCUT2D eigenvalue weighted by atomic mass is 10.3. The zero-order valence-electron chi connectivity index (χ0n) is 9.16. The number of ether oxygens (including phenoxy) is 1. The van der Waals surface area contributed by atoms with E-state index in [1.807, 2.05) is 0 Å². The Balaban J connectivity index is 2.28. The van der Waals surface area contributed by atoms with Gasteiger partial charge in [0.2, 0.25) is 5.88 Å². The second-order valence-electron chi connectivity index (χ2n) is 3.54. The SMILES string of the molecule is NCc1cnc(Oc2cc(F)cc(F)c2)c(Cl)c1. The first-order chi connectivity index (χ1) is 8.58. The Morgan fingerprint density at radius 1 is 1.17 bits per heavy atom. The summed E-state index contributed by atoms with van der Waals surface area (Å²) in [7, 11) is 0. The molecule has 3 nitrogen and oxygen atoms in total. The molecule has 0 saturated heterocycles. The van der Waals surface area contributed by atoms with Gasteiger partial charge in [-0.25, -0.2) is 13.8 Å². The third kappa shape index (κ3) is 2.94. The van der Waals surface area contributed by atoms with Gasteiger partial charge < -0.3 is 10.5 Å². The Kier molecular flexibility index (Phi) is 3.74. The van der Waals surface area contributed by atoms with Crippen molar-refractivity contribution in [1.29, 1.82) is 0 Å². The van der Waals surface area contributed by atoms with Gasteiger partial charge in [0.1, 0.15) is 22.4 Å². The molecule has 1 aromatic carbocycles. The van der Waals surface area contributed by atoms with Crippen molar-refractivity contribution < 1.29 is 13.5 Å². The van der Waals surface area contributed by atoms with Gasteiger partial charge in [-0.05, 0) is 11.6 Å². The molecule has 0 aliphatic rings. The zero-order valence-corrected chi connectivity index (χ0v) is 9.92. The van der Waals surface area contributed by atoms with Crippen LogP contribution in [0.15, 0.2) is 30.5 Å². The minimum atomic E-state index is -0.736. The van der Waals surface area contributed by atoms with Gasteiger partial charge in [0.15, 0.2) is 0 Å². The summed E-state index contributed by atoms with van der Waals surface area (Å²) in [6.45, 7) is 0.293. The van der Waals surface area contributed by atoms with E-state index in [0.717, 1.165) is 23.8 Å². The van der Waals surface area contributed by atoms with Gasteiger partial charge in [-0.15, -0.1) is 0 Å². The molecule has 18 heavy (non-hydrogen) atoms. The van der Waals surface area contributed by atoms with Crippen molar-refractivity contribution in [3.8, 4) is 11.6 Å². The van der Waals surface area contributed by atoms with Crippen LogP contribution in [0, 0.1) is 11.6 Å². The van der Waals surface area contributed by atoms with Crippen molar-refractivity contribution in [3.05, 3.63) is 52.7 Å². The van der Waals surface area contributed by atoms with Crippen LogP contribution in [-0.2, 0) is 6.54 Å². The molecule has 0 amide bonds. The number of hydrogen-bond acceptors (Lipinski definition) is 3. The summed E-state index contributed by atoms with van der Waals surface area (Å²) < 4.78 is 31.1. The third-order valence-corrected chi connectivity index (χ3v) is 2.42. The maximum atomic E-state index is 13.0. The summed E-state index contributed by atoms with van der Waals surface area (Å²) in [5.74, 6) is -1.42. The van der Waals surface area contributed by atoms with Crippen molar-refractivity contribution in [3.63, 3.8) is 0 Å². The Hall–Kier alpha value is -1.72. The summed E-state index contributed by atoms with van der Waals surface area (Å²) in [5, 5.41) is 0.225. The van der Waals surface area contributed by atoms with E-state index in [2.05, 4.69) is 4.98 Å². The van der Waals surface area contributed by atoms with Crippen molar-refractivity contribution in [2.24, 2.45) is 5.73 Å². The number of hydrogen-bond donors (Lipinski definition) is 1. The van der Waals surface area contributed by atoms with Crippen LogP contribution in [0.4, 0.5) is 8.78 Å². The van der Waals surface area contributed by atoms with Gasteiger partial charge >= 0.3 is 0 Å². The topological polar surface area (TPSA) is 48.1 Å². The smallest absolute Gasteiger partial charge is 0.238 e. The second kappa shape index (κ2) is 5.29. The standard InChI is InChI=1S/C12H9ClF2N2O/c13-11-1-7(5-16)6-17-12(11)18-10-3-8(14)2-9(15)4-10/h1-4,6H,5,16H2. The summed E-state index contributed by atoms with van der Waals surface area (Å²) in [5.41, 5.74) is 6.16. The molecule has 94 valence electrons. The second-order valence-corrected chi connectivity index (χ2v) is 3.95. The highest BCUT2D eigenvalue weighted by atomic mass is 35.5. The van der Waals surface area contributed by atoms with Crippen LogP contribution in [-0.4, -0.2) is 4.98 Å². The highest BCUT2D eigenvalue weighted by molar-refractivity contribution is 6.31. The van der Waals surface area contributed by atoms with E-state index >= 15 is 0 Å². The minimum Gasteiger partial charge on any atom is -0.437 e. The largest absolute Gasteiger partial charge is 0.437 e. The van der Waals surface area contributed by atoms with E-state index in [1.165, 1.54) is 6.20 Å². The number of rotatable bonds is 3. The average Bonchev–Trinajstić information content (AvgIpc) is 2.30. The molecule has 0 bridgehead atoms. The molecule has 2 N–H and O–H groups in total. The molecule has 6 heteroatoms. The maximum absolute atomic E-state index is 13.0. The van der Waals surface area contributed by atoms with Crippen LogP contribution in [0.5, 0.6) is 11.6 Å². The number of pyridine rings is 1. The van der Waals surface area contributed by atoms with Crippen LogP contribution >= 0.6 is 11.6 Å². The van der Waals surface area contributed by atoms with E-state index in [-0.39, 0.29) is 16.7 Å². The molecular formula is C12H9ClF2N2O. The quantitative estimate of drug-likeness (QED) is 0.931. The number of benzene rings is 1. The number of halogens is 3. The van der Waals surface area contributed by atoms with Crippen LogP contribution in [0.2, 0.25) is 5.02 Å². The van der Waals surface area contributed by atoms with Crippen LogP contribution in [0.1, 0.15) is 5.56 Å². The molecule has 0 saturated carbocycles. The Morgan fingerprint density at radius 2 is 1.83 bits per heavy atom. The molecule has 0 aliphatic carbocycles. The lowest BCUT2D eigenvalue weighted by Gasteiger charge is -2.07. The zero-order chi connectivity index (χ0) is 13.1. The number of nitrogens with two attached hydrogens (primary N) is 1. The lowest BCUT2D eigenvalue weighted by Crippen LogP contribution is -1.98. The average molecular weight is 271 g/mol. The molecule has 1 aromatic heterocycles. The fourth-order valence-electron chi connectivity index (χ4n) is 1.35. The summed E-state index contributed by atoms with van der Waals surface area (Å²) >= 11 is 5.91. The Labute approximate surface area is 107 Å². The van der Waals surface area contributed by atoms with Crippen molar-refractivity contribution in [2.75, 3.05) is 0 Å². The fourth-order valence-corrected chi connectivity index (χ4v) is 1.58. The first kappa shape index (κ1) is 12.7. The molecule has 2 rings (SSSR count). The first-order valence-corrected chi connectivity index (χ1v) is 5.44. The van der Waals surface area contributed by atoms with Gasteiger partial charge in [-0.1, -0.05) is 11.6 Å². The molecule has 2 aromatic rings. The van der Waals surface area contributed by atoms with Gasteiger partial charge in [-0.2, -0.15) is 0 Å². The van der Waals surface area contributed by atoms with Gasteiger partial charge in [-0.3, -0.25) is 0 Å². The number of aromatic nitrogens is 1. The van der Waals surface area contributed by atoms with Crippen LogP contribution in [0.25, 0.3) is 0 Å². The summed E-state index contributed by atoms with van der Waals surface area (Å²) in [6.07, 6.45) is 1.48. The Bertz CT molecular complexity index is 558. The van der Waals surface area contributed by atoms with Crippen molar-refractivity contribution in [1.82, 2.24) is 4.98 Å². The van der Waals surface area contributed by atoms with E-state index in [4.69, 9.17) is 22.1 Å². The van der Waals surface area contributed by atoms with E-state index in [9.17, 15) is 8.78 Å². The summed E-state index contributed by atoms with van der Waals surface area (Å²) in [6, 6.07) is 4.41. The molecule has 0 fully saturated rings. The first-order valence-electron chi connectivity index (χ1n) is 5.07. The fraction of sp³-hybridized carbons (Fsp3) is 0.0833. The van der Waals surface area contributed by atoms with E-state index < -0.39 is 11.6 Å². The van der Waals surface area contributed by atoms with Crippen LogP contribution < -0.4 is 10.5 Å². The predicted molar refractivity (Wildman–Crippen MR) is 63.6 cm³/mol. The highest BCUT2D eigenvalue weighted by Crippen LogP contribution is 2.28. The van der Waals surface area contributed by atoms with Crippen molar-refractivity contribution in [2.45, 2.75) is 6.54 Å². The van der Waals surface area contributed by atoms with Gasteiger partial charge in [0.05, 0.1) is 0 Å². The minimum absolute atomic E-state index is 0.0117.